The highest BCUT2D eigenvalue weighted by Crippen LogP contribution is 2.43. The third kappa shape index (κ3) is 2.57. The Morgan fingerprint density at radius 2 is 2.06 bits per heavy atom. The van der Waals surface area contributed by atoms with Crippen molar-refractivity contribution in [3.8, 4) is 0 Å². The van der Waals surface area contributed by atoms with Crippen LogP contribution in [0.2, 0.25) is 0 Å². The third-order valence-corrected chi connectivity index (χ3v) is 4.51. The molecular weight excluding hydrogens is 200 g/mol. The van der Waals surface area contributed by atoms with E-state index in [1.165, 1.54) is 25.7 Å². The lowest BCUT2D eigenvalue weighted by atomic mass is 9.67. The average molecular weight is 224 g/mol. The molecule has 16 heavy (non-hydrogen) atoms. The Bertz CT molecular complexity index is 237. The fourth-order valence-corrected chi connectivity index (χ4v) is 2.84. The minimum absolute atomic E-state index is 0.259. The van der Waals surface area contributed by atoms with E-state index in [1.54, 1.807) is 0 Å². The molecule has 0 aromatic carbocycles. The Balaban J connectivity index is 1.74. The number of piperidine rings is 1. The summed E-state index contributed by atoms with van der Waals surface area (Å²) in [5, 5.41) is 6.47. The molecule has 0 unspecified atom stereocenters. The summed E-state index contributed by atoms with van der Waals surface area (Å²) >= 11 is 0. The van der Waals surface area contributed by atoms with Gasteiger partial charge >= 0.3 is 0 Å². The van der Waals surface area contributed by atoms with Crippen LogP contribution in [0.5, 0.6) is 0 Å². The van der Waals surface area contributed by atoms with E-state index in [0.29, 0.717) is 11.3 Å². The largest absolute Gasteiger partial charge is 0.355 e. The zero-order chi connectivity index (χ0) is 11.4. The van der Waals surface area contributed by atoms with Gasteiger partial charge in [-0.15, -0.1) is 0 Å². The van der Waals surface area contributed by atoms with Gasteiger partial charge in [0.15, 0.2) is 0 Å². The summed E-state index contributed by atoms with van der Waals surface area (Å²) in [6, 6.07) is 0. The molecule has 2 fully saturated rings. The highest BCUT2D eigenvalue weighted by Gasteiger charge is 2.35. The minimum atomic E-state index is 0.259. The van der Waals surface area contributed by atoms with Crippen LogP contribution >= 0.6 is 0 Å². The molecule has 0 aromatic rings. The number of hydrogen-bond donors (Lipinski definition) is 2. The zero-order valence-corrected chi connectivity index (χ0v) is 10.3. The van der Waals surface area contributed by atoms with Gasteiger partial charge in [-0.05, 0) is 50.6 Å². The van der Waals surface area contributed by atoms with Crippen LogP contribution in [0, 0.1) is 11.3 Å². The number of amides is 1. The number of carbonyl (C=O) groups excluding carboxylic acids is 1. The first-order valence-corrected chi connectivity index (χ1v) is 6.74. The van der Waals surface area contributed by atoms with E-state index in [2.05, 4.69) is 17.6 Å². The molecule has 3 nitrogen and oxygen atoms in total. The van der Waals surface area contributed by atoms with Crippen molar-refractivity contribution in [2.24, 2.45) is 11.3 Å². The molecule has 0 aromatic heterocycles. The monoisotopic (exact) mass is 224 g/mol. The van der Waals surface area contributed by atoms with Crippen molar-refractivity contribution in [2.45, 2.75) is 45.4 Å². The molecule has 0 atom stereocenters. The molecule has 1 aliphatic heterocycles. The predicted molar refractivity (Wildman–Crippen MR) is 65.2 cm³/mol. The molecule has 3 heteroatoms. The molecule has 92 valence electrons. The van der Waals surface area contributed by atoms with Crippen LogP contribution in [0.3, 0.4) is 0 Å². The first-order valence-electron chi connectivity index (χ1n) is 6.74. The molecule has 2 rings (SSSR count). The summed E-state index contributed by atoms with van der Waals surface area (Å²) in [4.78, 5) is 12.0. The Kier molecular flexibility index (Phi) is 3.85. The summed E-state index contributed by atoms with van der Waals surface area (Å²) in [6.07, 6.45) is 7.17. The van der Waals surface area contributed by atoms with Gasteiger partial charge in [0.1, 0.15) is 0 Å². The average Bonchev–Trinajstić information content (AvgIpc) is 2.29. The van der Waals surface area contributed by atoms with Gasteiger partial charge in [0, 0.05) is 12.5 Å². The number of carbonyl (C=O) groups is 1. The highest BCUT2D eigenvalue weighted by atomic mass is 16.1. The summed E-state index contributed by atoms with van der Waals surface area (Å²) in [6.45, 7) is 5.15. The zero-order valence-electron chi connectivity index (χ0n) is 10.3. The SMILES string of the molecule is CCC1(CNC(=O)C2CCNCC2)CCC1. The second kappa shape index (κ2) is 5.17. The summed E-state index contributed by atoms with van der Waals surface area (Å²) in [5.41, 5.74) is 0.447. The Labute approximate surface area is 98.4 Å². The smallest absolute Gasteiger partial charge is 0.223 e. The van der Waals surface area contributed by atoms with E-state index < -0.39 is 0 Å². The molecule has 2 aliphatic rings. The molecule has 1 amide bonds. The number of hydrogen-bond acceptors (Lipinski definition) is 2. The number of rotatable bonds is 4. The molecular formula is C13H24N2O. The Hall–Kier alpha value is -0.570. The van der Waals surface area contributed by atoms with Crippen LogP contribution < -0.4 is 10.6 Å². The quantitative estimate of drug-likeness (QED) is 0.763. The second-order valence-corrected chi connectivity index (χ2v) is 5.45. The van der Waals surface area contributed by atoms with Crippen LogP contribution in [-0.2, 0) is 4.79 Å². The van der Waals surface area contributed by atoms with Crippen LogP contribution in [-0.4, -0.2) is 25.5 Å². The van der Waals surface area contributed by atoms with Crippen molar-refractivity contribution >= 4 is 5.91 Å². The van der Waals surface area contributed by atoms with E-state index in [9.17, 15) is 4.79 Å². The second-order valence-electron chi connectivity index (χ2n) is 5.45. The topological polar surface area (TPSA) is 41.1 Å². The lowest BCUT2D eigenvalue weighted by molar-refractivity contribution is -0.126. The van der Waals surface area contributed by atoms with Crippen LogP contribution in [0.25, 0.3) is 0 Å². The highest BCUT2D eigenvalue weighted by molar-refractivity contribution is 5.78. The van der Waals surface area contributed by atoms with E-state index in [0.717, 1.165) is 32.5 Å². The number of nitrogens with one attached hydrogen (secondary N) is 2. The third-order valence-electron chi connectivity index (χ3n) is 4.51. The molecule has 1 heterocycles. The van der Waals surface area contributed by atoms with Crippen molar-refractivity contribution in [1.29, 1.82) is 0 Å². The van der Waals surface area contributed by atoms with E-state index in [-0.39, 0.29) is 5.92 Å². The van der Waals surface area contributed by atoms with Crippen molar-refractivity contribution in [1.82, 2.24) is 10.6 Å². The molecule has 2 N–H and O–H groups in total. The fraction of sp³-hybridized carbons (Fsp3) is 0.923. The maximum absolute atomic E-state index is 12.0. The molecule has 1 aliphatic carbocycles. The summed E-state index contributed by atoms with van der Waals surface area (Å²) in [5.74, 6) is 0.552. The lowest BCUT2D eigenvalue weighted by Crippen LogP contribution is -2.45. The first-order chi connectivity index (χ1) is 7.76. The molecule has 1 saturated carbocycles. The summed E-state index contributed by atoms with van der Waals surface area (Å²) in [7, 11) is 0. The van der Waals surface area contributed by atoms with E-state index in [4.69, 9.17) is 0 Å². The lowest BCUT2D eigenvalue weighted by Gasteiger charge is -2.41. The van der Waals surface area contributed by atoms with Crippen molar-refractivity contribution < 1.29 is 4.79 Å². The predicted octanol–water partition coefficient (Wildman–Crippen LogP) is 1.68. The van der Waals surface area contributed by atoms with Gasteiger partial charge in [0.05, 0.1) is 0 Å². The molecule has 0 spiro atoms. The molecule has 1 saturated heterocycles. The van der Waals surface area contributed by atoms with Gasteiger partial charge in [-0.25, -0.2) is 0 Å². The maximum atomic E-state index is 12.0. The van der Waals surface area contributed by atoms with E-state index in [1.807, 2.05) is 0 Å². The molecule has 0 radical (unpaired) electrons. The van der Waals surface area contributed by atoms with Gasteiger partial charge in [-0.1, -0.05) is 13.3 Å². The Morgan fingerprint density at radius 3 is 2.56 bits per heavy atom. The van der Waals surface area contributed by atoms with Gasteiger partial charge in [0.2, 0.25) is 5.91 Å². The fourth-order valence-electron chi connectivity index (χ4n) is 2.84. The van der Waals surface area contributed by atoms with Crippen LogP contribution in [0.1, 0.15) is 45.4 Å². The van der Waals surface area contributed by atoms with Gasteiger partial charge in [0.25, 0.3) is 0 Å². The Morgan fingerprint density at radius 1 is 1.38 bits per heavy atom. The van der Waals surface area contributed by atoms with Crippen LogP contribution in [0.15, 0.2) is 0 Å². The maximum Gasteiger partial charge on any atom is 0.223 e. The van der Waals surface area contributed by atoms with Crippen molar-refractivity contribution in [2.75, 3.05) is 19.6 Å². The van der Waals surface area contributed by atoms with Crippen LogP contribution in [0.4, 0.5) is 0 Å². The van der Waals surface area contributed by atoms with Crippen molar-refractivity contribution in [3.05, 3.63) is 0 Å². The van der Waals surface area contributed by atoms with Gasteiger partial charge < -0.3 is 10.6 Å². The van der Waals surface area contributed by atoms with E-state index >= 15 is 0 Å². The standard InChI is InChI=1S/C13H24N2O/c1-2-13(6-3-7-13)10-15-12(16)11-4-8-14-9-5-11/h11,14H,2-10H2,1H3,(H,15,16). The van der Waals surface area contributed by atoms with Gasteiger partial charge in [-0.2, -0.15) is 0 Å². The van der Waals surface area contributed by atoms with Gasteiger partial charge in [-0.3, -0.25) is 4.79 Å². The minimum Gasteiger partial charge on any atom is -0.355 e. The summed E-state index contributed by atoms with van der Waals surface area (Å²) < 4.78 is 0. The molecule has 0 bridgehead atoms. The normalized spacial score (nSPS) is 24.8. The van der Waals surface area contributed by atoms with Crippen molar-refractivity contribution in [3.63, 3.8) is 0 Å². The first kappa shape index (κ1) is 11.9.